The van der Waals surface area contributed by atoms with Gasteiger partial charge in [-0.15, -0.1) is 5.82 Å². The first kappa shape index (κ1) is 26.4. The Morgan fingerprint density at radius 2 is 2.07 bits per heavy atom. The Morgan fingerprint density at radius 3 is 2.78 bits per heavy atom. The number of hydrogen-bond donors (Lipinski definition) is 3. The summed E-state index contributed by atoms with van der Waals surface area (Å²) in [5.74, 6) is 5.80. The molecule has 0 spiro atoms. The minimum Gasteiger partial charge on any atom is -0.447 e. The molecule has 1 radical (unpaired) electrons. The number of alkyl carbamates (subject to hydrolysis) is 1. The van der Waals surface area contributed by atoms with Crippen LogP contribution in [-0.2, 0) is 14.2 Å². The lowest BCUT2D eigenvalue weighted by molar-refractivity contribution is 0.0908. The van der Waals surface area contributed by atoms with Crippen LogP contribution >= 0.6 is 21.6 Å². The molecule has 0 aliphatic rings. The van der Waals surface area contributed by atoms with E-state index in [0.717, 1.165) is 13.0 Å². The van der Waals surface area contributed by atoms with Crippen molar-refractivity contribution < 1.29 is 19.0 Å². The Kier molecular flexibility index (Phi) is 17.2. The zero-order valence-electron chi connectivity index (χ0n) is 16.8. The maximum atomic E-state index is 11.4. The van der Waals surface area contributed by atoms with Crippen molar-refractivity contribution >= 4 is 35.1 Å². The van der Waals surface area contributed by atoms with Gasteiger partial charge in [-0.3, -0.25) is 0 Å². The fourth-order valence-electron chi connectivity index (χ4n) is 1.56. The predicted octanol–water partition coefficient (Wildman–Crippen LogP) is 1.79. The van der Waals surface area contributed by atoms with E-state index >= 15 is 0 Å². The van der Waals surface area contributed by atoms with Crippen LogP contribution in [0.2, 0.25) is 0 Å². The Labute approximate surface area is 172 Å². The lowest BCUT2D eigenvalue weighted by atomic mass is 10.0. The van der Waals surface area contributed by atoms with E-state index < -0.39 is 6.09 Å². The molecule has 0 bridgehead atoms. The molecule has 1 amide bonds. The first-order valence-corrected chi connectivity index (χ1v) is 11.3. The number of ether oxygens (including phenoxy) is 3. The SMILES string of the molecule is CCC(C)NCC(C)(C)SSCOCCOC(=O)NCCOCC#C[B]N. The first-order valence-electron chi connectivity index (χ1n) is 9.03. The van der Waals surface area contributed by atoms with Gasteiger partial charge in [0.15, 0.2) is 0 Å². The molecule has 0 heterocycles. The van der Waals surface area contributed by atoms with E-state index in [0.29, 0.717) is 31.7 Å². The number of hydrogen-bond acceptors (Lipinski definition) is 8. The Bertz CT molecular complexity index is 448. The van der Waals surface area contributed by atoms with Crippen LogP contribution in [0.4, 0.5) is 4.79 Å². The molecule has 0 saturated heterocycles. The fourth-order valence-corrected chi connectivity index (χ4v) is 3.74. The molecule has 0 aliphatic carbocycles. The molecule has 1 atom stereocenters. The van der Waals surface area contributed by atoms with Gasteiger partial charge >= 0.3 is 13.5 Å². The summed E-state index contributed by atoms with van der Waals surface area (Å²) in [5.41, 5.74) is 5.10. The van der Waals surface area contributed by atoms with Crippen LogP contribution in [0, 0.1) is 11.7 Å². The van der Waals surface area contributed by atoms with Crippen LogP contribution in [0.25, 0.3) is 0 Å². The van der Waals surface area contributed by atoms with Gasteiger partial charge in [-0.25, -0.2) is 4.79 Å². The molecule has 0 aliphatic heterocycles. The van der Waals surface area contributed by atoms with E-state index in [2.05, 4.69) is 50.1 Å². The van der Waals surface area contributed by atoms with Gasteiger partial charge in [0.2, 0.25) is 0 Å². The van der Waals surface area contributed by atoms with E-state index in [1.807, 2.05) is 0 Å². The molecular formula is C17H33BN3O4S2. The van der Waals surface area contributed by atoms with Crippen molar-refractivity contribution in [3.05, 3.63) is 0 Å². The lowest BCUT2D eigenvalue weighted by Crippen LogP contribution is -2.36. The molecule has 27 heavy (non-hydrogen) atoms. The Morgan fingerprint density at radius 1 is 1.30 bits per heavy atom. The maximum absolute atomic E-state index is 11.4. The highest BCUT2D eigenvalue weighted by Crippen LogP contribution is 2.35. The van der Waals surface area contributed by atoms with Crippen molar-refractivity contribution in [1.29, 1.82) is 0 Å². The zero-order valence-corrected chi connectivity index (χ0v) is 18.5. The Balaban J connectivity index is 3.48. The summed E-state index contributed by atoms with van der Waals surface area (Å²) in [6, 6.07) is 0.532. The van der Waals surface area contributed by atoms with Crippen LogP contribution in [0.3, 0.4) is 0 Å². The van der Waals surface area contributed by atoms with Crippen molar-refractivity contribution in [2.45, 2.75) is 44.9 Å². The van der Waals surface area contributed by atoms with Crippen molar-refractivity contribution in [3.63, 3.8) is 0 Å². The number of carbonyl (C=O) groups excluding carboxylic acids is 1. The fraction of sp³-hybridized carbons (Fsp3) is 0.824. The van der Waals surface area contributed by atoms with Crippen LogP contribution in [0.5, 0.6) is 0 Å². The van der Waals surface area contributed by atoms with E-state index in [1.165, 1.54) is 7.41 Å². The van der Waals surface area contributed by atoms with Gasteiger partial charge in [-0.1, -0.05) is 34.4 Å². The highest BCUT2D eigenvalue weighted by molar-refractivity contribution is 8.77. The van der Waals surface area contributed by atoms with Gasteiger partial charge in [0, 0.05) is 23.9 Å². The highest BCUT2D eigenvalue weighted by Gasteiger charge is 2.19. The predicted molar refractivity (Wildman–Crippen MR) is 116 cm³/mol. The third kappa shape index (κ3) is 18.6. The molecule has 4 N–H and O–H groups in total. The molecule has 0 fully saturated rings. The van der Waals surface area contributed by atoms with Crippen molar-refractivity contribution in [1.82, 2.24) is 10.6 Å². The molecule has 0 aromatic carbocycles. The largest absolute Gasteiger partial charge is 0.447 e. The van der Waals surface area contributed by atoms with Gasteiger partial charge in [-0.05, 0) is 27.2 Å². The molecule has 0 rings (SSSR count). The van der Waals surface area contributed by atoms with E-state index in [9.17, 15) is 4.79 Å². The topological polar surface area (TPSA) is 94.8 Å². The van der Waals surface area contributed by atoms with Gasteiger partial charge < -0.3 is 30.5 Å². The molecule has 10 heteroatoms. The molecule has 0 aromatic rings. The first-order chi connectivity index (χ1) is 12.9. The zero-order chi connectivity index (χ0) is 20.4. The van der Waals surface area contributed by atoms with Crippen LogP contribution in [0.15, 0.2) is 0 Å². The average molecular weight is 418 g/mol. The third-order valence-corrected chi connectivity index (χ3v) is 6.21. The molecular weight excluding hydrogens is 385 g/mol. The lowest BCUT2D eigenvalue weighted by Gasteiger charge is -2.25. The maximum Gasteiger partial charge on any atom is 0.407 e. The number of rotatable bonds is 15. The average Bonchev–Trinajstić information content (AvgIpc) is 2.64. The Hall–Kier alpha value is -0.565. The smallest absolute Gasteiger partial charge is 0.407 e. The van der Waals surface area contributed by atoms with Gasteiger partial charge in [0.05, 0.1) is 13.2 Å². The van der Waals surface area contributed by atoms with Crippen molar-refractivity contribution in [2.75, 3.05) is 45.5 Å². The second-order valence-corrected chi connectivity index (χ2v) is 9.23. The molecule has 1 unspecified atom stereocenters. The summed E-state index contributed by atoms with van der Waals surface area (Å²) in [6.45, 7) is 11.3. The van der Waals surface area contributed by atoms with Crippen molar-refractivity contribution in [3.8, 4) is 11.7 Å². The normalized spacial score (nSPS) is 12.0. The van der Waals surface area contributed by atoms with Crippen LogP contribution in [-0.4, -0.2) is 69.8 Å². The number of nitrogens with two attached hydrogens (primary N) is 1. The van der Waals surface area contributed by atoms with E-state index in [1.54, 1.807) is 21.6 Å². The summed E-state index contributed by atoms with van der Waals surface area (Å²) in [6.07, 6.45) is 0.641. The monoisotopic (exact) mass is 418 g/mol. The second kappa shape index (κ2) is 17.5. The van der Waals surface area contributed by atoms with E-state index in [-0.39, 0.29) is 18.0 Å². The van der Waals surface area contributed by atoms with Crippen LogP contribution < -0.4 is 16.3 Å². The standard InChI is InChI=1S/C17H33BN3O4S2/c1-5-15(2)21-13-17(3,4)27-26-14-24-11-12-25-16(22)20-8-10-23-9-6-7-18-19/h15,21H,5,8-14,19H2,1-4H3,(H,20,22). The summed E-state index contributed by atoms with van der Waals surface area (Å²) in [5, 5.41) is 6.10. The minimum atomic E-state index is -0.483. The summed E-state index contributed by atoms with van der Waals surface area (Å²) < 4.78 is 15.8. The van der Waals surface area contributed by atoms with Crippen LogP contribution in [0.1, 0.15) is 34.1 Å². The minimum absolute atomic E-state index is 0.129. The van der Waals surface area contributed by atoms with E-state index in [4.69, 9.17) is 19.9 Å². The van der Waals surface area contributed by atoms with Crippen molar-refractivity contribution in [2.24, 2.45) is 5.64 Å². The number of nitrogens with one attached hydrogen (secondary N) is 2. The highest BCUT2D eigenvalue weighted by atomic mass is 33.1. The molecule has 0 saturated carbocycles. The third-order valence-electron chi connectivity index (χ3n) is 3.24. The number of carbonyl (C=O) groups is 1. The van der Waals surface area contributed by atoms with Gasteiger partial charge in [-0.2, -0.15) is 0 Å². The summed E-state index contributed by atoms with van der Waals surface area (Å²) in [7, 11) is 4.71. The summed E-state index contributed by atoms with van der Waals surface area (Å²) >= 11 is 0. The molecule has 7 nitrogen and oxygen atoms in total. The van der Waals surface area contributed by atoms with Gasteiger partial charge in [0.1, 0.15) is 19.2 Å². The molecule has 0 aromatic heterocycles. The summed E-state index contributed by atoms with van der Waals surface area (Å²) in [4.78, 5) is 11.4. The quantitative estimate of drug-likeness (QED) is 0.122. The second-order valence-electron chi connectivity index (χ2n) is 6.28. The number of amides is 1. The van der Waals surface area contributed by atoms with Gasteiger partial charge in [0.25, 0.3) is 0 Å². The molecule has 155 valence electrons.